The molecule has 6 nitrogen and oxygen atoms in total. The number of nitriles is 1. The number of carbonyl (C=O) groups is 1. The molecular formula is C16H14FN3O3S2. The molecule has 3 rings (SSSR count). The molecule has 0 spiro atoms. The highest BCUT2D eigenvalue weighted by Crippen LogP contribution is 2.25. The molecular weight excluding hydrogens is 365 g/mol. The average Bonchev–Trinajstić information content (AvgIpc) is 3.11. The lowest BCUT2D eigenvalue weighted by atomic mass is 10.2. The molecule has 0 aliphatic carbocycles. The van der Waals surface area contributed by atoms with Crippen LogP contribution in [0.4, 0.5) is 4.39 Å². The molecule has 2 heterocycles. The SMILES string of the molecule is N#Cc1sccc1S(=O)(=O)N1CCN(C(=O)c2ccc(F)cc2)CC1. The van der Waals surface area contributed by atoms with E-state index in [4.69, 9.17) is 5.26 Å². The number of rotatable bonds is 3. The smallest absolute Gasteiger partial charge is 0.253 e. The molecule has 130 valence electrons. The number of benzene rings is 1. The predicted octanol–water partition coefficient (Wildman–Crippen LogP) is 1.91. The summed E-state index contributed by atoms with van der Waals surface area (Å²) in [6, 6.07) is 8.57. The highest BCUT2D eigenvalue weighted by Gasteiger charge is 2.32. The van der Waals surface area contributed by atoms with Crippen LogP contribution in [-0.2, 0) is 10.0 Å². The van der Waals surface area contributed by atoms with Crippen LogP contribution in [0.1, 0.15) is 15.2 Å². The van der Waals surface area contributed by atoms with Crippen molar-refractivity contribution in [2.24, 2.45) is 0 Å². The largest absolute Gasteiger partial charge is 0.336 e. The molecule has 0 atom stereocenters. The van der Waals surface area contributed by atoms with E-state index in [0.29, 0.717) is 5.56 Å². The van der Waals surface area contributed by atoms with Gasteiger partial charge in [0.25, 0.3) is 5.91 Å². The van der Waals surface area contributed by atoms with E-state index in [2.05, 4.69) is 0 Å². The van der Waals surface area contributed by atoms with Crippen molar-refractivity contribution in [1.29, 1.82) is 5.26 Å². The van der Waals surface area contributed by atoms with Crippen molar-refractivity contribution in [3.8, 4) is 6.07 Å². The summed E-state index contributed by atoms with van der Waals surface area (Å²) in [4.78, 5) is 14.1. The Bertz CT molecular complexity index is 924. The van der Waals surface area contributed by atoms with Gasteiger partial charge in [0, 0.05) is 31.7 Å². The van der Waals surface area contributed by atoms with Crippen molar-refractivity contribution < 1.29 is 17.6 Å². The monoisotopic (exact) mass is 379 g/mol. The summed E-state index contributed by atoms with van der Waals surface area (Å²) in [5.74, 6) is -0.679. The second kappa shape index (κ2) is 6.92. The topological polar surface area (TPSA) is 81.5 Å². The first-order valence-electron chi connectivity index (χ1n) is 7.46. The molecule has 1 fully saturated rings. The number of amides is 1. The molecule has 25 heavy (non-hydrogen) atoms. The maximum Gasteiger partial charge on any atom is 0.253 e. The molecule has 1 aromatic carbocycles. The molecule has 0 N–H and O–H groups in total. The molecule has 1 aliphatic rings. The minimum atomic E-state index is -3.75. The molecule has 0 bridgehead atoms. The van der Waals surface area contributed by atoms with E-state index < -0.39 is 15.8 Å². The van der Waals surface area contributed by atoms with Crippen LogP contribution < -0.4 is 0 Å². The van der Waals surface area contributed by atoms with Gasteiger partial charge in [-0.3, -0.25) is 4.79 Å². The van der Waals surface area contributed by atoms with Gasteiger partial charge in [-0.2, -0.15) is 9.57 Å². The van der Waals surface area contributed by atoms with E-state index in [1.807, 2.05) is 6.07 Å². The minimum Gasteiger partial charge on any atom is -0.336 e. The number of halogens is 1. The third-order valence-corrected chi connectivity index (χ3v) is 6.85. The Morgan fingerprint density at radius 3 is 2.36 bits per heavy atom. The van der Waals surface area contributed by atoms with E-state index in [-0.39, 0.29) is 41.9 Å². The Balaban J connectivity index is 1.70. The summed E-state index contributed by atoms with van der Waals surface area (Å²) in [5, 5.41) is 10.6. The van der Waals surface area contributed by atoms with Gasteiger partial charge in [0.1, 0.15) is 21.7 Å². The van der Waals surface area contributed by atoms with E-state index >= 15 is 0 Å². The van der Waals surface area contributed by atoms with Gasteiger partial charge in [-0.1, -0.05) is 0 Å². The zero-order chi connectivity index (χ0) is 18.0. The molecule has 0 saturated carbocycles. The fraction of sp³-hybridized carbons (Fsp3) is 0.250. The molecule has 1 aliphatic heterocycles. The number of sulfonamides is 1. The summed E-state index contributed by atoms with van der Waals surface area (Å²) in [6.45, 7) is 0.773. The molecule has 0 radical (unpaired) electrons. The Morgan fingerprint density at radius 1 is 1.12 bits per heavy atom. The van der Waals surface area contributed by atoms with Crippen LogP contribution in [0.25, 0.3) is 0 Å². The highest BCUT2D eigenvalue weighted by atomic mass is 32.2. The van der Waals surface area contributed by atoms with Crippen molar-refractivity contribution >= 4 is 27.3 Å². The van der Waals surface area contributed by atoms with Crippen LogP contribution in [0.5, 0.6) is 0 Å². The number of piperazine rings is 1. The Kier molecular flexibility index (Phi) is 4.85. The number of thiophene rings is 1. The zero-order valence-electron chi connectivity index (χ0n) is 13.1. The molecule has 0 unspecified atom stereocenters. The van der Waals surface area contributed by atoms with Crippen LogP contribution in [0.15, 0.2) is 40.6 Å². The van der Waals surface area contributed by atoms with Crippen LogP contribution in [0.3, 0.4) is 0 Å². The standard InChI is InChI=1S/C16H14FN3O3S2/c17-13-3-1-12(2-4-13)16(21)19-6-8-20(9-7-19)25(22,23)15-5-10-24-14(15)11-18/h1-5,10H,6-9H2. The Labute approximate surface area is 148 Å². The van der Waals surface area contributed by atoms with E-state index in [1.54, 1.807) is 5.38 Å². The summed E-state index contributed by atoms with van der Waals surface area (Å²) in [7, 11) is -3.75. The van der Waals surface area contributed by atoms with E-state index in [0.717, 1.165) is 11.3 Å². The second-order valence-electron chi connectivity index (χ2n) is 5.43. The minimum absolute atomic E-state index is 0.0123. The van der Waals surface area contributed by atoms with Gasteiger partial charge in [-0.05, 0) is 35.7 Å². The van der Waals surface area contributed by atoms with Crippen molar-refractivity contribution in [1.82, 2.24) is 9.21 Å². The van der Waals surface area contributed by atoms with E-state index in [1.165, 1.54) is 39.5 Å². The van der Waals surface area contributed by atoms with Crippen LogP contribution >= 0.6 is 11.3 Å². The lowest BCUT2D eigenvalue weighted by Gasteiger charge is -2.34. The van der Waals surface area contributed by atoms with Crippen LogP contribution in [0, 0.1) is 17.1 Å². The Hall–Kier alpha value is -2.28. The number of nitrogens with zero attached hydrogens (tertiary/aromatic N) is 3. The normalized spacial score (nSPS) is 15.8. The first-order valence-corrected chi connectivity index (χ1v) is 9.78. The van der Waals surface area contributed by atoms with Crippen molar-refractivity contribution in [2.45, 2.75) is 4.90 Å². The molecule has 1 amide bonds. The maximum atomic E-state index is 13.0. The Morgan fingerprint density at radius 2 is 1.76 bits per heavy atom. The van der Waals surface area contributed by atoms with Gasteiger partial charge in [0.15, 0.2) is 0 Å². The fourth-order valence-corrected chi connectivity index (χ4v) is 5.19. The first kappa shape index (κ1) is 17.5. The van der Waals surface area contributed by atoms with Gasteiger partial charge in [0.2, 0.25) is 10.0 Å². The molecule has 9 heteroatoms. The summed E-state index contributed by atoms with van der Waals surface area (Å²) >= 11 is 1.08. The summed E-state index contributed by atoms with van der Waals surface area (Å²) in [6.07, 6.45) is 0. The van der Waals surface area contributed by atoms with Crippen LogP contribution in [-0.4, -0.2) is 49.7 Å². The quantitative estimate of drug-likeness (QED) is 0.816. The highest BCUT2D eigenvalue weighted by molar-refractivity contribution is 7.89. The van der Waals surface area contributed by atoms with Gasteiger partial charge >= 0.3 is 0 Å². The molecule has 1 aromatic heterocycles. The lowest BCUT2D eigenvalue weighted by molar-refractivity contribution is 0.0698. The van der Waals surface area contributed by atoms with Gasteiger partial charge in [-0.15, -0.1) is 11.3 Å². The van der Waals surface area contributed by atoms with Gasteiger partial charge in [-0.25, -0.2) is 12.8 Å². The van der Waals surface area contributed by atoms with Crippen molar-refractivity contribution in [3.63, 3.8) is 0 Å². The zero-order valence-corrected chi connectivity index (χ0v) is 14.7. The third kappa shape index (κ3) is 3.42. The second-order valence-corrected chi connectivity index (χ2v) is 8.25. The van der Waals surface area contributed by atoms with Gasteiger partial charge < -0.3 is 4.90 Å². The number of hydrogen-bond donors (Lipinski definition) is 0. The summed E-state index contributed by atoms with van der Waals surface area (Å²) in [5.41, 5.74) is 0.363. The number of carbonyl (C=O) groups excluding carboxylic acids is 1. The van der Waals surface area contributed by atoms with Crippen molar-refractivity contribution in [2.75, 3.05) is 26.2 Å². The number of hydrogen-bond acceptors (Lipinski definition) is 5. The fourth-order valence-electron chi connectivity index (χ4n) is 2.63. The lowest BCUT2D eigenvalue weighted by Crippen LogP contribution is -2.50. The first-order chi connectivity index (χ1) is 11.9. The third-order valence-electron chi connectivity index (χ3n) is 3.97. The van der Waals surface area contributed by atoms with Crippen molar-refractivity contribution in [3.05, 3.63) is 52.0 Å². The van der Waals surface area contributed by atoms with Gasteiger partial charge in [0.05, 0.1) is 0 Å². The molecule has 2 aromatic rings. The maximum absolute atomic E-state index is 13.0. The van der Waals surface area contributed by atoms with Crippen LogP contribution in [0.2, 0.25) is 0 Å². The molecule has 1 saturated heterocycles. The van der Waals surface area contributed by atoms with E-state index in [9.17, 15) is 17.6 Å². The average molecular weight is 379 g/mol. The summed E-state index contributed by atoms with van der Waals surface area (Å²) < 4.78 is 39.5. The predicted molar refractivity (Wildman–Crippen MR) is 90.1 cm³/mol.